The SMILES string of the molecule is O=[N+]([O-])c1cc(Cl)c(Cl)cc1NCC1CCCC1O. The molecule has 19 heavy (non-hydrogen) atoms. The maximum Gasteiger partial charge on any atom is 0.293 e. The molecule has 0 spiro atoms. The van der Waals surface area contributed by atoms with Crippen molar-refractivity contribution in [3.05, 3.63) is 32.3 Å². The first-order valence-electron chi connectivity index (χ1n) is 6.04. The maximum absolute atomic E-state index is 11.0. The molecule has 7 heteroatoms. The molecule has 1 saturated carbocycles. The maximum atomic E-state index is 11.0. The first kappa shape index (κ1) is 14.4. The third-order valence-electron chi connectivity index (χ3n) is 3.41. The molecule has 0 saturated heterocycles. The Hall–Kier alpha value is -1.04. The largest absolute Gasteiger partial charge is 0.393 e. The van der Waals surface area contributed by atoms with Gasteiger partial charge < -0.3 is 10.4 Å². The summed E-state index contributed by atoms with van der Waals surface area (Å²) in [6, 6.07) is 2.68. The Labute approximate surface area is 120 Å². The van der Waals surface area contributed by atoms with Gasteiger partial charge in [-0.1, -0.05) is 29.6 Å². The van der Waals surface area contributed by atoms with Crippen molar-refractivity contribution in [2.45, 2.75) is 25.4 Å². The van der Waals surface area contributed by atoms with Crippen LogP contribution in [-0.4, -0.2) is 22.7 Å². The molecular formula is C12H14Cl2N2O3. The molecule has 0 aliphatic heterocycles. The molecule has 1 aliphatic rings. The van der Waals surface area contributed by atoms with Crippen molar-refractivity contribution in [1.29, 1.82) is 0 Å². The predicted molar refractivity (Wildman–Crippen MR) is 75.0 cm³/mol. The Balaban J connectivity index is 2.14. The molecule has 0 radical (unpaired) electrons. The van der Waals surface area contributed by atoms with Gasteiger partial charge in [-0.3, -0.25) is 10.1 Å². The average Bonchev–Trinajstić information content (AvgIpc) is 2.75. The highest BCUT2D eigenvalue weighted by molar-refractivity contribution is 6.42. The molecule has 104 valence electrons. The van der Waals surface area contributed by atoms with Crippen LogP contribution in [0.5, 0.6) is 0 Å². The van der Waals surface area contributed by atoms with Crippen LogP contribution in [0.4, 0.5) is 11.4 Å². The van der Waals surface area contributed by atoms with Crippen molar-refractivity contribution in [3.63, 3.8) is 0 Å². The number of aliphatic hydroxyl groups excluding tert-OH is 1. The van der Waals surface area contributed by atoms with Crippen LogP contribution in [0.2, 0.25) is 10.0 Å². The summed E-state index contributed by atoms with van der Waals surface area (Å²) in [6.45, 7) is 0.486. The van der Waals surface area contributed by atoms with Crippen molar-refractivity contribution in [2.75, 3.05) is 11.9 Å². The highest BCUT2D eigenvalue weighted by atomic mass is 35.5. The molecule has 0 aromatic heterocycles. The molecule has 2 atom stereocenters. The minimum atomic E-state index is -0.504. The van der Waals surface area contributed by atoms with Crippen molar-refractivity contribution in [2.24, 2.45) is 5.92 Å². The van der Waals surface area contributed by atoms with E-state index >= 15 is 0 Å². The van der Waals surface area contributed by atoms with E-state index in [0.29, 0.717) is 12.2 Å². The molecule has 1 fully saturated rings. The lowest BCUT2D eigenvalue weighted by Gasteiger charge is -2.16. The van der Waals surface area contributed by atoms with E-state index in [-0.39, 0.29) is 27.8 Å². The lowest BCUT2D eigenvalue weighted by Crippen LogP contribution is -2.22. The molecule has 2 N–H and O–H groups in total. The minimum absolute atomic E-state index is 0.109. The van der Waals surface area contributed by atoms with Gasteiger partial charge in [0.15, 0.2) is 0 Å². The second-order valence-electron chi connectivity index (χ2n) is 4.68. The number of nitro benzene ring substituents is 1. The first-order valence-corrected chi connectivity index (χ1v) is 6.80. The monoisotopic (exact) mass is 304 g/mol. The van der Waals surface area contributed by atoms with Crippen LogP contribution >= 0.6 is 23.2 Å². The van der Waals surface area contributed by atoms with Crippen LogP contribution in [0, 0.1) is 16.0 Å². The van der Waals surface area contributed by atoms with Gasteiger partial charge in [-0.15, -0.1) is 0 Å². The van der Waals surface area contributed by atoms with Crippen molar-refractivity contribution < 1.29 is 10.0 Å². The van der Waals surface area contributed by atoms with Gasteiger partial charge in [0.05, 0.1) is 21.1 Å². The number of aliphatic hydroxyl groups is 1. The van der Waals surface area contributed by atoms with E-state index in [1.54, 1.807) is 0 Å². The summed E-state index contributed by atoms with van der Waals surface area (Å²) in [4.78, 5) is 10.5. The van der Waals surface area contributed by atoms with E-state index in [1.807, 2.05) is 0 Å². The lowest BCUT2D eigenvalue weighted by molar-refractivity contribution is -0.383. The Bertz CT molecular complexity index is 496. The van der Waals surface area contributed by atoms with E-state index < -0.39 is 4.92 Å². The minimum Gasteiger partial charge on any atom is -0.393 e. The van der Waals surface area contributed by atoms with E-state index in [1.165, 1.54) is 12.1 Å². The fourth-order valence-corrected chi connectivity index (χ4v) is 2.65. The number of anilines is 1. The molecule has 1 aromatic carbocycles. The summed E-state index contributed by atoms with van der Waals surface area (Å²) in [5, 5.41) is 24.1. The Morgan fingerprint density at radius 3 is 2.63 bits per heavy atom. The van der Waals surface area contributed by atoms with Gasteiger partial charge in [0.25, 0.3) is 5.69 Å². The van der Waals surface area contributed by atoms with Gasteiger partial charge in [-0.05, 0) is 18.9 Å². The summed E-state index contributed by atoms with van der Waals surface area (Å²) in [5.74, 6) is 0.119. The number of benzene rings is 1. The fraction of sp³-hybridized carbons (Fsp3) is 0.500. The van der Waals surface area contributed by atoms with Crippen LogP contribution in [0.25, 0.3) is 0 Å². The van der Waals surface area contributed by atoms with Crippen molar-refractivity contribution in [1.82, 2.24) is 0 Å². The Morgan fingerprint density at radius 1 is 1.37 bits per heavy atom. The number of nitrogens with zero attached hydrogens (tertiary/aromatic N) is 1. The molecule has 0 bridgehead atoms. The Morgan fingerprint density at radius 2 is 2.05 bits per heavy atom. The highest BCUT2D eigenvalue weighted by Gasteiger charge is 2.26. The van der Waals surface area contributed by atoms with Crippen LogP contribution in [-0.2, 0) is 0 Å². The van der Waals surface area contributed by atoms with Crippen LogP contribution in [0.3, 0.4) is 0 Å². The van der Waals surface area contributed by atoms with Crippen molar-refractivity contribution >= 4 is 34.6 Å². The highest BCUT2D eigenvalue weighted by Crippen LogP contribution is 2.34. The molecule has 0 amide bonds. The third-order valence-corrected chi connectivity index (χ3v) is 4.13. The number of nitrogens with one attached hydrogen (secondary N) is 1. The molecule has 1 aliphatic carbocycles. The summed E-state index contributed by atoms with van der Waals surface area (Å²) < 4.78 is 0. The molecular weight excluding hydrogens is 291 g/mol. The summed E-state index contributed by atoms with van der Waals surface area (Å²) in [7, 11) is 0. The molecule has 0 heterocycles. The topological polar surface area (TPSA) is 75.4 Å². The number of nitro groups is 1. The van der Waals surface area contributed by atoms with Crippen LogP contribution in [0.15, 0.2) is 12.1 Å². The number of rotatable bonds is 4. The van der Waals surface area contributed by atoms with E-state index in [9.17, 15) is 15.2 Å². The third kappa shape index (κ3) is 3.29. The zero-order chi connectivity index (χ0) is 14.0. The summed E-state index contributed by atoms with van der Waals surface area (Å²) >= 11 is 11.6. The van der Waals surface area contributed by atoms with E-state index in [4.69, 9.17) is 23.2 Å². The van der Waals surface area contributed by atoms with Gasteiger partial charge in [-0.2, -0.15) is 0 Å². The van der Waals surface area contributed by atoms with Gasteiger partial charge in [0, 0.05) is 18.5 Å². The molecule has 1 aromatic rings. The first-order chi connectivity index (χ1) is 8.99. The smallest absolute Gasteiger partial charge is 0.293 e. The number of hydrogen-bond acceptors (Lipinski definition) is 4. The second-order valence-corrected chi connectivity index (χ2v) is 5.49. The average molecular weight is 305 g/mol. The van der Waals surface area contributed by atoms with Crippen LogP contribution < -0.4 is 5.32 Å². The number of halogens is 2. The summed E-state index contributed by atoms with van der Waals surface area (Å²) in [5.41, 5.74) is 0.223. The standard InChI is InChI=1S/C12H14Cl2N2O3/c13-8-4-10(11(16(18)19)5-9(8)14)15-6-7-2-1-3-12(7)17/h4-5,7,12,15,17H,1-3,6H2. The fourth-order valence-electron chi connectivity index (χ4n) is 2.33. The van der Waals surface area contributed by atoms with Crippen molar-refractivity contribution in [3.8, 4) is 0 Å². The number of hydrogen-bond donors (Lipinski definition) is 2. The van der Waals surface area contributed by atoms with E-state index in [0.717, 1.165) is 19.3 Å². The lowest BCUT2D eigenvalue weighted by atomic mass is 10.1. The molecule has 2 unspecified atom stereocenters. The van der Waals surface area contributed by atoms with Gasteiger partial charge in [0.1, 0.15) is 5.69 Å². The van der Waals surface area contributed by atoms with E-state index in [2.05, 4.69) is 5.32 Å². The van der Waals surface area contributed by atoms with Gasteiger partial charge in [0.2, 0.25) is 0 Å². The Kier molecular flexibility index (Phi) is 4.50. The quantitative estimate of drug-likeness (QED) is 0.659. The zero-order valence-electron chi connectivity index (χ0n) is 10.1. The molecule has 5 nitrogen and oxygen atoms in total. The normalized spacial score (nSPS) is 22.5. The predicted octanol–water partition coefficient (Wildman–Crippen LogP) is 3.47. The van der Waals surface area contributed by atoms with Gasteiger partial charge >= 0.3 is 0 Å². The zero-order valence-corrected chi connectivity index (χ0v) is 11.6. The van der Waals surface area contributed by atoms with Crippen LogP contribution in [0.1, 0.15) is 19.3 Å². The second kappa shape index (κ2) is 5.94. The van der Waals surface area contributed by atoms with Gasteiger partial charge in [-0.25, -0.2) is 0 Å². The molecule has 2 rings (SSSR count). The summed E-state index contributed by atoms with van der Waals surface area (Å²) in [6.07, 6.45) is 2.35.